The minimum Gasteiger partial charge on any atom is -0.490 e. The molecule has 0 aromatic heterocycles. The molecule has 0 aliphatic carbocycles. The highest BCUT2D eigenvalue weighted by Crippen LogP contribution is 2.29. The Morgan fingerprint density at radius 1 is 1.28 bits per heavy atom. The van der Waals surface area contributed by atoms with Crippen molar-refractivity contribution in [3.8, 4) is 11.5 Å². The van der Waals surface area contributed by atoms with Crippen LogP contribution < -0.4 is 9.47 Å². The van der Waals surface area contributed by atoms with E-state index < -0.39 is 5.97 Å². The normalized spacial score (nSPS) is 11.9. The summed E-state index contributed by atoms with van der Waals surface area (Å²) in [5.74, 6) is 0.575. The van der Waals surface area contributed by atoms with E-state index in [1.54, 1.807) is 6.07 Å². The van der Waals surface area contributed by atoms with Gasteiger partial charge in [0.05, 0.1) is 18.8 Å². The van der Waals surface area contributed by atoms with Gasteiger partial charge in [-0.1, -0.05) is 20.3 Å². The molecule has 1 aromatic rings. The van der Waals surface area contributed by atoms with Crippen LogP contribution in [-0.2, 0) is 0 Å². The van der Waals surface area contributed by atoms with Gasteiger partial charge in [0, 0.05) is 0 Å². The van der Waals surface area contributed by atoms with Crippen LogP contribution in [0.3, 0.4) is 0 Å². The van der Waals surface area contributed by atoms with Crippen LogP contribution in [0.25, 0.3) is 0 Å². The Bertz CT molecular complexity index is 401. The van der Waals surface area contributed by atoms with E-state index in [1.807, 2.05) is 6.92 Å². The monoisotopic (exact) mass is 252 g/mol. The van der Waals surface area contributed by atoms with E-state index in [-0.39, 0.29) is 5.56 Å². The lowest BCUT2D eigenvalue weighted by atomic mass is 10.1. The van der Waals surface area contributed by atoms with Crippen LogP contribution in [0.2, 0.25) is 0 Å². The lowest BCUT2D eigenvalue weighted by Gasteiger charge is -2.15. The van der Waals surface area contributed by atoms with E-state index in [4.69, 9.17) is 14.6 Å². The fourth-order valence-corrected chi connectivity index (χ4v) is 1.38. The number of carboxylic acid groups (broad SMARTS) is 1. The molecule has 0 bridgehead atoms. The molecule has 1 N–H and O–H groups in total. The van der Waals surface area contributed by atoms with Crippen molar-refractivity contribution in [3.63, 3.8) is 0 Å². The molecule has 0 saturated heterocycles. The molecule has 0 saturated carbocycles. The van der Waals surface area contributed by atoms with Gasteiger partial charge in [0.1, 0.15) is 0 Å². The van der Waals surface area contributed by atoms with Gasteiger partial charge in [0.25, 0.3) is 0 Å². The fraction of sp³-hybridized carbons (Fsp3) is 0.500. The number of aromatic carboxylic acids is 1. The second-order valence-corrected chi connectivity index (χ2v) is 4.22. The van der Waals surface area contributed by atoms with Gasteiger partial charge >= 0.3 is 5.97 Å². The quantitative estimate of drug-likeness (QED) is 0.809. The van der Waals surface area contributed by atoms with Crippen molar-refractivity contribution < 1.29 is 19.4 Å². The molecule has 18 heavy (non-hydrogen) atoms. The van der Waals surface area contributed by atoms with E-state index in [0.717, 1.165) is 6.42 Å². The third kappa shape index (κ3) is 3.95. The molecule has 0 aliphatic heterocycles. The molecule has 4 heteroatoms. The van der Waals surface area contributed by atoms with Crippen LogP contribution in [0.5, 0.6) is 11.5 Å². The van der Waals surface area contributed by atoms with Gasteiger partial charge in [-0.05, 0) is 31.0 Å². The van der Waals surface area contributed by atoms with E-state index in [2.05, 4.69) is 13.8 Å². The summed E-state index contributed by atoms with van der Waals surface area (Å²) < 4.78 is 11.1. The van der Waals surface area contributed by atoms with Crippen LogP contribution in [0.4, 0.5) is 0 Å². The van der Waals surface area contributed by atoms with E-state index >= 15 is 0 Å². The summed E-state index contributed by atoms with van der Waals surface area (Å²) in [6.07, 6.45) is 1.04. The smallest absolute Gasteiger partial charge is 0.335 e. The Hall–Kier alpha value is -1.71. The third-order valence-corrected chi connectivity index (χ3v) is 2.71. The summed E-state index contributed by atoms with van der Waals surface area (Å²) in [6.45, 7) is 7.13. The number of benzene rings is 1. The molecule has 0 fully saturated rings. The summed E-state index contributed by atoms with van der Waals surface area (Å²) in [4.78, 5) is 10.9. The number of carbonyl (C=O) groups is 1. The standard InChI is InChI=1S/C14H20O4/c1-4-10(3)9-18-12-7-6-11(14(15)16)8-13(12)17-5-2/h6-8,10H,4-5,9H2,1-3H3,(H,15,16). The lowest BCUT2D eigenvalue weighted by Crippen LogP contribution is -2.09. The molecule has 4 nitrogen and oxygen atoms in total. The Labute approximate surface area is 108 Å². The second kappa shape index (κ2) is 6.89. The largest absolute Gasteiger partial charge is 0.490 e. The number of hydrogen-bond acceptors (Lipinski definition) is 3. The summed E-state index contributed by atoms with van der Waals surface area (Å²) in [6, 6.07) is 4.67. The van der Waals surface area contributed by atoms with Gasteiger partial charge in [0.15, 0.2) is 11.5 Å². The van der Waals surface area contributed by atoms with Gasteiger partial charge in [-0.3, -0.25) is 0 Å². The highest BCUT2D eigenvalue weighted by atomic mass is 16.5. The highest BCUT2D eigenvalue weighted by molar-refractivity contribution is 5.88. The molecular formula is C14H20O4. The Morgan fingerprint density at radius 3 is 2.56 bits per heavy atom. The van der Waals surface area contributed by atoms with Crippen molar-refractivity contribution in [1.29, 1.82) is 0 Å². The summed E-state index contributed by atoms with van der Waals surface area (Å²) in [5.41, 5.74) is 0.203. The maximum Gasteiger partial charge on any atom is 0.335 e. The Kier molecular flexibility index (Phi) is 5.49. The maximum absolute atomic E-state index is 10.9. The number of carboxylic acids is 1. The highest BCUT2D eigenvalue weighted by Gasteiger charge is 2.11. The number of ether oxygens (including phenoxy) is 2. The van der Waals surface area contributed by atoms with Crippen molar-refractivity contribution >= 4 is 5.97 Å². The third-order valence-electron chi connectivity index (χ3n) is 2.71. The van der Waals surface area contributed by atoms with Gasteiger partial charge in [-0.15, -0.1) is 0 Å². The van der Waals surface area contributed by atoms with Crippen molar-refractivity contribution in [2.24, 2.45) is 5.92 Å². The summed E-state index contributed by atoms with van der Waals surface area (Å²) >= 11 is 0. The molecule has 0 radical (unpaired) electrons. The van der Waals surface area contributed by atoms with E-state index in [1.165, 1.54) is 12.1 Å². The van der Waals surface area contributed by atoms with Crippen molar-refractivity contribution in [2.45, 2.75) is 27.2 Å². The molecule has 0 heterocycles. The molecule has 0 amide bonds. The number of hydrogen-bond donors (Lipinski definition) is 1. The van der Waals surface area contributed by atoms with Crippen LogP contribution in [-0.4, -0.2) is 24.3 Å². The SMILES string of the molecule is CCOc1cc(C(=O)O)ccc1OCC(C)CC. The van der Waals surface area contributed by atoms with Crippen molar-refractivity contribution in [3.05, 3.63) is 23.8 Å². The molecule has 1 atom stereocenters. The second-order valence-electron chi connectivity index (χ2n) is 4.22. The number of rotatable bonds is 7. The first-order chi connectivity index (χ1) is 8.58. The zero-order valence-corrected chi connectivity index (χ0v) is 11.1. The molecule has 0 spiro atoms. The van der Waals surface area contributed by atoms with Gasteiger partial charge in [-0.2, -0.15) is 0 Å². The minimum absolute atomic E-state index is 0.203. The Morgan fingerprint density at radius 2 is 2.00 bits per heavy atom. The van der Waals surface area contributed by atoms with Crippen LogP contribution in [0.15, 0.2) is 18.2 Å². The molecule has 100 valence electrons. The van der Waals surface area contributed by atoms with Crippen molar-refractivity contribution in [2.75, 3.05) is 13.2 Å². The molecule has 1 unspecified atom stereocenters. The summed E-state index contributed by atoms with van der Waals surface area (Å²) in [5, 5.41) is 8.93. The molecule has 1 aromatic carbocycles. The molecule has 0 aliphatic rings. The predicted octanol–water partition coefficient (Wildman–Crippen LogP) is 3.21. The zero-order chi connectivity index (χ0) is 13.5. The molecular weight excluding hydrogens is 232 g/mol. The van der Waals surface area contributed by atoms with Crippen LogP contribution >= 0.6 is 0 Å². The maximum atomic E-state index is 10.9. The average molecular weight is 252 g/mol. The van der Waals surface area contributed by atoms with E-state index in [0.29, 0.717) is 30.6 Å². The Balaban J connectivity index is 2.85. The zero-order valence-electron chi connectivity index (χ0n) is 11.1. The first-order valence-corrected chi connectivity index (χ1v) is 6.21. The average Bonchev–Trinajstić information content (AvgIpc) is 2.36. The first-order valence-electron chi connectivity index (χ1n) is 6.21. The first kappa shape index (κ1) is 14.4. The van der Waals surface area contributed by atoms with Gasteiger partial charge in [0.2, 0.25) is 0 Å². The summed E-state index contributed by atoms with van der Waals surface area (Å²) in [7, 11) is 0. The lowest BCUT2D eigenvalue weighted by molar-refractivity contribution is 0.0696. The minimum atomic E-state index is -0.968. The predicted molar refractivity (Wildman–Crippen MR) is 69.5 cm³/mol. The van der Waals surface area contributed by atoms with Crippen molar-refractivity contribution in [1.82, 2.24) is 0 Å². The van der Waals surface area contributed by atoms with Gasteiger partial charge < -0.3 is 14.6 Å². The van der Waals surface area contributed by atoms with Crippen LogP contribution in [0, 0.1) is 5.92 Å². The van der Waals surface area contributed by atoms with Crippen LogP contribution in [0.1, 0.15) is 37.6 Å². The van der Waals surface area contributed by atoms with E-state index in [9.17, 15) is 4.79 Å². The fourth-order valence-electron chi connectivity index (χ4n) is 1.38. The molecule has 1 rings (SSSR count). The van der Waals surface area contributed by atoms with Gasteiger partial charge in [-0.25, -0.2) is 4.79 Å². The topological polar surface area (TPSA) is 55.8 Å².